The zero-order chi connectivity index (χ0) is 13.7. The van der Waals surface area contributed by atoms with Gasteiger partial charge in [-0.2, -0.15) is 0 Å². The van der Waals surface area contributed by atoms with Gasteiger partial charge in [0, 0.05) is 0 Å². The zero-order valence-corrected chi connectivity index (χ0v) is 10.6. The van der Waals surface area contributed by atoms with Crippen molar-refractivity contribution in [3.63, 3.8) is 0 Å². The second-order valence-electron chi connectivity index (χ2n) is 4.05. The Balaban J connectivity index is 2.04. The molecule has 2 rings (SSSR count). The quantitative estimate of drug-likeness (QED) is 0.832. The van der Waals surface area contributed by atoms with E-state index in [1.165, 1.54) is 0 Å². The zero-order valence-electron chi connectivity index (χ0n) is 10.6. The van der Waals surface area contributed by atoms with E-state index in [-0.39, 0.29) is 25.0 Å². The van der Waals surface area contributed by atoms with Crippen LogP contribution in [0, 0.1) is 0 Å². The number of hydrogen-bond acceptors (Lipinski definition) is 4. The summed E-state index contributed by atoms with van der Waals surface area (Å²) in [7, 11) is 0. The number of rotatable bonds is 4. The Labute approximate surface area is 111 Å². The van der Waals surface area contributed by atoms with Crippen LogP contribution in [0.2, 0.25) is 0 Å². The summed E-state index contributed by atoms with van der Waals surface area (Å²) < 4.78 is 10.4. The molecule has 1 atom stereocenters. The fourth-order valence-corrected chi connectivity index (χ4v) is 1.76. The van der Waals surface area contributed by atoms with Gasteiger partial charge in [-0.25, -0.2) is 0 Å². The summed E-state index contributed by atoms with van der Waals surface area (Å²) in [4.78, 5) is 23.2. The van der Waals surface area contributed by atoms with Crippen LogP contribution in [-0.4, -0.2) is 37.7 Å². The van der Waals surface area contributed by atoms with E-state index < -0.39 is 6.04 Å². The third-order valence-corrected chi connectivity index (χ3v) is 2.61. The van der Waals surface area contributed by atoms with E-state index in [0.717, 1.165) is 0 Å². The Kier molecular flexibility index (Phi) is 4.35. The van der Waals surface area contributed by atoms with Crippen molar-refractivity contribution >= 4 is 17.5 Å². The summed E-state index contributed by atoms with van der Waals surface area (Å²) in [5.41, 5.74) is 0.578. The van der Waals surface area contributed by atoms with Gasteiger partial charge in [-0.1, -0.05) is 12.1 Å². The van der Waals surface area contributed by atoms with Crippen molar-refractivity contribution in [2.75, 3.05) is 25.1 Å². The molecule has 0 radical (unpaired) electrons. The lowest BCUT2D eigenvalue weighted by Gasteiger charge is -2.23. The molecule has 19 heavy (non-hydrogen) atoms. The van der Waals surface area contributed by atoms with Crippen LogP contribution in [0.3, 0.4) is 0 Å². The molecule has 0 aliphatic carbocycles. The van der Waals surface area contributed by atoms with Crippen molar-refractivity contribution in [1.29, 1.82) is 0 Å². The molecule has 0 spiro atoms. The number of carbonyl (C=O) groups excluding carboxylic acids is 2. The van der Waals surface area contributed by atoms with Gasteiger partial charge in [0.15, 0.2) is 0 Å². The van der Waals surface area contributed by atoms with Crippen LogP contribution in [0.25, 0.3) is 0 Å². The van der Waals surface area contributed by atoms with Crippen molar-refractivity contribution in [2.24, 2.45) is 0 Å². The first-order chi connectivity index (χ1) is 9.20. The highest BCUT2D eigenvalue weighted by atomic mass is 16.5. The average molecular weight is 264 g/mol. The molecule has 1 fully saturated rings. The Hall–Kier alpha value is -2.08. The van der Waals surface area contributed by atoms with Crippen LogP contribution in [0.4, 0.5) is 5.69 Å². The van der Waals surface area contributed by atoms with Crippen LogP contribution < -0.4 is 15.4 Å². The Morgan fingerprint density at radius 2 is 2.32 bits per heavy atom. The summed E-state index contributed by atoms with van der Waals surface area (Å²) >= 11 is 0. The fourth-order valence-electron chi connectivity index (χ4n) is 1.76. The van der Waals surface area contributed by atoms with Crippen molar-refractivity contribution < 1.29 is 19.1 Å². The number of hydrogen-bond donors (Lipinski definition) is 2. The number of anilines is 1. The van der Waals surface area contributed by atoms with Gasteiger partial charge in [-0.3, -0.25) is 9.59 Å². The van der Waals surface area contributed by atoms with E-state index in [4.69, 9.17) is 9.47 Å². The highest BCUT2D eigenvalue weighted by Gasteiger charge is 2.25. The molecular formula is C13H16N2O4. The van der Waals surface area contributed by atoms with E-state index >= 15 is 0 Å². The lowest BCUT2D eigenvalue weighted by atomic mass is 10.2. The number of ether oxygens (including phenoxy) is 2. The molecule has 102 valence electrons. The van der Waals surface area contributed by atoms with Gasteiger partial charge >= 0.3 is 0 Å². The summed E-state index contributed by atoms with van der Waals surface area (Å²) in [5.74, 6) is -0.00824. The van der Waals surface area contributed by atoms with E-state index in [1.807, 2.05) is 13.0 Å². The summed E-state index contributed by atoms with van der Waals surface area (Å²) in [6, 6.07) is 6.47. The number of amides is 2. The molecule has 1 unspecified atom stereocenters. The maximum absolute atomic E-state index is 12.0. The predicted molar refractivity (Wildman–Crippen MR) is 69.0 cm³/mol. The van der Waals surface area contributed by atoms with Gasteiger partial charge in [0.2, 0.25) is 11.8 Å². The monoisotopic (exact) mass is 264 g/mol. The average Bonchev–Trinajstić information content (AvgIpc) is 2.41. The highest BCUT2D eigenvalue weighted by molar-refractivity contribution is 5.98. The molecule has 1 aromatic rings. The van der Waals surface area contributed by atoms with Crippen molar-refractivity contribution in [3.05, 3.63) is 24.3 Å². The van der Waals surface area contributed by atoms with Crippen LogP contribution in [0.5, 0.6) is 5.75 Å². The van der Waals surface area contributed by atoms with Gasteiger partial charge in [0.05, 0.1) is 18.9 Å². The molecule has 2 amide bonds. The maximum Gasteiger partial charge on any atom is 0.249 e. The third kappa shape index (κ3) is 3.45. The van der Waals surface area contributed by atoms with Gasteiger partial charge in [-0.05, 0) is 19.1 Å². The number of benzene rings is 1. The summed E-state index contributed by atoms with van der Waals surface area (Å²) in [6.45, 7) is 2.55. The first kappa shape index (κ1) is 13.4. The summed E-state index contributed by atoms with van der Waals surface area (Å²) in [5, 5.41) is 5.30. The second-order valence-corrected chi connectivity index (χ2v) is 4.05. The van der Waals surface area contributed by atoms with E-state index in [0.29, 0.717) is 18.0 Å². The molecule has 6 heteroatoms. The highest BCUT2D eigenvalue weighted by Crippen LogP contribution is 2.23. The molecule has 0 saturated carbocycles. The van der Waals surface area contributed by atoms with E-state index in [9.17, 15) is 9.59 Å². The van der Waals surface area contributed by atoms with Crippen molar-refractivity contribution in [2.45, 2.75) is 13.0 Å². The molecule has 1 aromatic carbocycles. The van der Waals surface area contributed by atoms with E-state index in [1.54, 1.807) is 18.2 Å². The van der Waals surface area contributed by atoms with Crippen molar-refractivity contribution in [3.8, 4) is 5.75 Å². The van der Waals surface area contributed by atoms with Crippen LogP contribution >= 0.6 is 0 Å². The number of nitrogens with one attached hydrogen (secondary N) is 2. The minimum atomic E-state index is -0.670. The van der Waals surface area contributed by atoms with Gasteiger partial charge in [-0.15, -0.1) is 0 Å². The Morgan fingerprint density at radius 1 is 1.53 bits per heavy atom. The normalized spacial score (nSPS) is 18.6. The lowest BCUT2D eigenvalue weighted by molar-refractivity contribution is -0.136. The van der Waals surface area contributed by atoms with Crippen LogP contribution in [-0.2, 0) is 14.3 Å². The minimum Gasteiger partial charge on any atom is -0.492 e. The van der Waals surface area contributed by atoms with Gasteiger partial charge in [0.25, 0.3) is 0 Å². The molecule has 0 aromatic heterocycles. The van der Waals surface area contributed by atoms with Crippen LogP contribution in [0.15, 0.2) is 24.3 Å². The lowest BCUT2D eigenvalue weighted by Crippen LogP contribution is -2.51. The van der Waals surface area contributed by atoms with Gasteiger partial charge < -0.3 is 20.1 Å². The third-order valence-electron chi connectivity index (χ3n) is 2.61. The second kappa shape index (κ2) is 6.19. The molecule has 1 heterocycles. The predicted octanol–water partition coefficient (Wildman–Crippen LogP) is 0.539. The SMILES string of the molecule is CCOc1ccccc1NC(=O)C1COCC(=O)N1. The Bertz CT molecular complexity index is 475. The number of carbonyl (C=O) groups is 2. The number of morpholine rings is 1. The topological polar surface area (TPSA) is 76.7 Å². The minimum absolute atomic E-state index is 0.000682. The molecule has 1 aliphatic rings. The number of para-hydroxylation sites is 2. The molecule has 2 N–H and O–H groups in total. The standard InChI is InChI=1S/C13H16N2O4/c1-2-19-11-6-4-3-5-9(11)15-13(17)10-7-18-8-12(16)14-10/h3-6,10H,2,7-8H2,1H3,(H,14,16)(H,15,17). The fraction of sp³-hybridized carbons (Fsp3) is 0.385. The molecule has 1 saturated heterocycles. The Morgan fingerprint density at radius 3 is 3.05 bits per heavy atom. The summed E-state index contributed by atoms with van der Waals surface area (Å²) in [6.07, 6.45) is 0. The molecular weight excluding hydrogens is 248 g/mol. The molecule has 6 nitrogen and oxygen atoms in total. The van der Waals surface area contributed by atoms with Crippen molar-refractivity contribution in [1.82, 2.24) is 5.32 Å². The first-order valence-electron chi connectivity index (χ1n) is 6.10. The maximum atomic E-state index is 12.0. The molecule has 0 bridgehead atoms. The van der Waals surface area contributed by atoms with E-state index in [2.05, 4.69) is 10.6 Å². The largest absolute Gasteiger partial charge is 0.492 e. The molecule has 1 aliphatic heterocycles. The van der Waals surface area contributed by atoms with Crippen LogP contribution in [0.1, 0.15) is 6.92 Å². The first-order valence-corrected chi connectivity index (χ1v) is 6.10. The smallest absolute Gasteiger partial charge is 0.249 e. The van der Waals surface area contributed by atoms with Gasteiger partial charge in [0.1, 0.15) is 18.4 Å².